The fraction of sp³-hybridized carbons (Fsp3) is 0.208. The predicted molar refractivity (Wildman–Crippen MR) is 125 cm³/mol. The smallest absolute Gasteiger partial charge is 0.293 e. The fourth-order valence-electron chi connectivity index (χ4n) is 3.95. The number of carbonyl (C=O) groups is 3. The highest BCUT2D eigenvalue weighted by molar-refractivity contribution is 8.18. The van der Waals surface area contributed by atoms with Crippen LogP contribution in [-0.2, 0) is 4.79 Å². The summed E-state index contributed by atoms with van der Waals surface area (Å²) >= 11 is 0.879. The van der Waals surface area contributed by atoms with Crippen molar-refractivity contribution in [2.24, 2.45) is 0 Å². The molecule has 0 radical (unpaired) electrons. The second kappa shape index (κ2) is 8.32. The summed E-state index contributed by atoms with van der Waals surface area (Å²) in [5, 5.41) is 3.41. The van der Waals surface area contributed by atoms with Crippen molar-refractivity contribution < 1.29 is 23.9 Å². The van der Waals surface area contributed by atoms with Crippen molar-refractivity contribution in [3.05, 3.63) is 63.7 Å². The number of nitrogens with one attached hydrogen (secondary N) is 2. The number of amides is 3. The summed E-state index contributed by atoms with van der Waals surface area (Å²) in [7, 11) is 0. The van der Waals surface area contributed by atoms with Gasteiger partial charge in [0, 0.05) is 24.0 Å². The number of aryl methyl sites for hydroxylation is 2. The van der Waals surface area contributed by atoms with Crippen LogP contribution in [0.4, 0.5) is 4.79 Å². The molecular weight excluding hydrogens is 442 g/mol. The molecule has 0 aliphatic carbocycles. The molecule has 5 rings (SSSR count). The summed E-state index contributed by atoms with van der Waals surface area (Å²) in [4.78, 5) is 42.3. The van der Waals surface area contributed by atoms with Gasteiger partial charge in [-0.05, 0) is 72.6 Å². The summed E-state index contributed by atoms with van der Waals surface area (Å²) in [5.41, 5.74) is 4.28. The van der Waals surface area contributed by atoms with E-state index in [0.717, 1.165) is 44.3 Å². The minimum Gasteiger partial charge on any atom is -0.454 e. The van der Waals surface area contributed by atoms with E-state index in [0.29, 0.717) is 22.1 Å². The standard InChI is InChI=1S/C24H21N3O5S/c1-13-7-14(2)16-11-18(26-17(16)8-13)22(28)25-5-6-27-23(29)21(33-24(27)30)10-15-3-4-19-20(9-15)32-12-31-19/h3-4,7-11,26H,5-6,12H2,1-2H3,(H,25,28)/b21-10-. The van der Waals surface area contributed by atoms with E-state index in [4.69, 9.17) is 9.47 Å². The number of ether oxygens (including phenoxy) is 2. The zero-order chi connectivity index (χ0) is 23.1. The van der Waals surface area contributed by atoms with Crippen LogP contribution in [0.25, 0.3) is 17.0 Å². The van der Waals surface area contributed by atoms with Crippen molar-refractivity contribution >= 4 is 45.8 Å². The van der Waals surface area contributed by atoms with Crippen LogP contribution in [0.5, 0.6) is 11.5 Å². The third kappa shape index (κ3) is 4.07. The van der Waals surface area contributed by atoms with Gasteiger partial charge in [0.15, 0.2) is 11.5 Å². The highest BCUT2D eigenvalue weighted by Gasteiger charge is 2.34. The van der Waals surface area contributed by atoms with Gasteiger partial charge in [0.2, 0.25) is 6.79 Å². The number of thioether (sulfide) groups is 1. The Kier molecular flexibility index (Phi) is 5.33. The van der Waals surface area contributed by atoms with Crippen LogP contribution in [0.2, 0.25) is 0 Å². The molecule has 0 unspecified atom stereocenters. The molecule has 8 nitrogen and oxygen atoms in total. The molecule has 1 fully saturated rings. The maximum absolute atomic E-state index is 12.7. The lowest BCUT2D eigenvalue weighted by Gasteiger charge is -2.12. The van der Waals surface area contributed by atoms with Crippen LogP contribution in [0.3, 0.4) is 0 Å². The lowest BCUT2D eigenvalue weighted by atomic mass is 10.1. The Bertz CT molecular complexity index is 1340. The molecule has 3 aromatic rings. The number of hydrogen-bond donors (Lipinski definition) is 2. The van der Waals surface area contributed by atoms with E-state index in [-0.39, 0.29) is 36.9 Å². The van der Waals surface area contributed by atoms with Crippen LogP contribution >= 0.6 is 11.8 Å². The van der Waals surface area contributed by atoms with Crippen molar-refractivity contribution in [2.45, 2.75) is 13.8 Å². The molecule has 0 bridgehead atoms. The van der Waals surface area contributed by atoms with E-state index >= 15 is 0 Å². The van der Waals surface area contributed by atoms with Crippen molar-refractivity contribution in [2.75, 3.05) is 19.9 Å². The molecule has 0 spiro atoms. The Morgan fingerprint density at radius 3 is 2.82 bits per heavy atom. The van der Waals surface area contributed by atoms with Gasteiger partial charge in [-0.2, -0.15) is 0 Å². The lowest BCUT2D eigenvalue weighted by molar-refractivity contribution is -0.122. The van der Waals surface area contributed by atoms with Crippen molar-refractivity contribution in [3.63, 3.8) is 0 Å². The van der Waals surface area contributed by atoms with Gasteiger partial charge in [0.05, 0.1) is 4.91 Å². The summed E-state index contributed by atoms with van der Waals surface area (Å²) < 4.78 is 10.6. The number of benzene rings is 2. The van der Waals surface area contributed by atoms with Gasteiger partial charge in [0.25, 0.3) is 17.1 Å². The average molecular weight is 464 g/mol. The number of carbonyl (C=O) groups excluding carboxylic acids is 3. The van der Waals surface area contributed by atoms with E-state index in [1.54, 1.807) is 24.3 Å². The Hall–Kier alpha value is -3.72. The van der Waals surface area contributed by atoms with Gasteiger partial charge >= 0.3 is 0 Å². The van der Waals surface area contributed by atoms with Crippen molar-refractivity contribution in [1.82, 2.24) is 15.2 Å². The molecule has 3 amide bonds. The van der Waals surface area contributed by atoms with Gasteiger partial charge in [-0.25, -0.2) is 0 Å². The molecule has 33 heavy (non-hydrogen) atoms. The molecule has 2 aromatic carbocycles. The number of aromatic amines is 1. The summed E-state index contributed by atoms with van der Waals surface area (Å²) in [6.07, 6.45) is 1.65. The zero-order valence-corrected chi connectivity index (χ0v) is 18.9. The van der Waals surface area contributed by atoms with E-state index in [1.165, 1.54) is 0 Å². The second-order valence-corrected chi connectivity index (χ2v) is 8.92. The summed E-state index contributed by atoms with van der Waals surface area (Å²) in [6, 6.07) is 11.2. The van der Waals surface area contributed by atoms with Gasteiger partial charge in [0.1, 0.15) is 5.69 Å². The topological polar surface area (TPSA) is 101 Å². The Balaban J connectivity index is 1.22. The van der Waals surface area contributed by atoms with E-state index in [9.17, 15) is 14.4 Å². The van der Waals surface area contributed by atoms with Crippen LogP contribution < -0.4 is 14.8 Å². The number of rotatable bonds is 5. The second-order valence-electron chi connectivity index (χ2n) is 7.93. The first-order chi connectivity index (χ1) is 15.9. The minimum atomic E-state index is -0.381. The molecule has 0 atom stereocenters. The SMILES string of the molecule is Cc1cc(C)c2cc(C(=O)NCCN3C(=O)S/C(=C\c4ccc5c(c4)OCO5)C3=O)[nH]c2c1. The molecule has 1 aromatic heterocycles. The maximum atomic E-state index is 12.7. The van der Waals surface area contributed by atoms with Crippen LogP contribution in [0, 0.1) is 13.8 Å². The third-order valence-corrected chi connectivity index (χ3v) is 6.43. The quantitative estimate of drug-likeness (QED) is 0.555. The lowest BCUT2D eigenvalue weighted by Crippen LogP contribution is -2.37. The highest BCUT2D eigenvalue weighted by Crippen LogP contribution is 2.36. The molecule has 2 aliphatic heterocycles. The summed E-state index contributed by atoms with van der Waals surface area (Å²) in [6.45, 7) is 4.42. The zero-order valence-electron chi connectivity index (χ0n) is 18.1. The van der Waals surface area contributed by atoms with Crippen LogP contribution in [-0.4, -0.2) is 46.8 Å². The number of imide groups is 1. The van der Waals surface area contributed by atoms with Gasteiger partial charge in [-0.1, -0.05) is 12.1 Å². The minimum absolute atomic E-state index is 0.0905. The first kappa shape index (κ1) is 21.1. The van der Waals surface area contributed by atoms with Gasteiger partial charge < -0.3 is 19.8 Å². The monoisotopic (exact) mass is 463 g/mol. The summed E-state index contributed by atoms with van der Waals surface area (Å²) in [5.74, 6) is 0.587. The number of hydrogen-bond acceptors (Lipinski definition) is 6. The van der Waals surface area contributed by atoms with E-state index in [1.807, 2.05) is 26.0 Å². The molecule has 2 N–H and O–H groups in total. The van der Waals surface area contributed by atoms with E-state index in [2.05, 4.69) is 16.4 Å². The number of aromatic nitrogens is 1. The highest BCUT2D eigenvalue weighted by atomic mass is 32.2. The molecule has 0 saturated carbocycles. The molecular formula is C24H21N3O5S. The Morgan fingerprint density at radius 2 is 1.97 bits per heavy atom. The Morgan fingerprint density at radius 1 is 1.15 bits per heavy atom. The third-order valence-electron chi connectivity index (χ3n) is 5.52. The normalized spacial score (nSPS) is 16.3. The van der Waals surface area contributed by atoms with Crippen molar-refractivity contribution in [3.8, 4) is 11.5 Å². The largest absolute Gasteiger partial charge is 0.454 e. The fourth-order valence-corrected chi connectivity index (χ4v) is 4.81. The molecule has 168 valence electrons. The number of H-pyrrole nitrogens is 1. The van der Waals surface area contributed by atoms with E-state index < -0.39 is 0 Å². The predicted octanol–water partition coefficient (Wildman–Crippen LogP) is 3.98. The van der Waals surface area contributed by atoms with Crippen molar-refractivity contribution in [1.29, 1.82) is 0 Å². The first-order valence-corrected chi connectivity index (χ1v) is 11.2. The van der Waals surface area contributed by atoms with Gasteiger partial charge in [-0.3, -0.25) is 19.3 Å². The van der Waals surface area contributed by atoms with Crippen LogP contribution in [0.1, 0.15) is 27.2 Å². The van der Waals surface area contributed by atoms with Gasteiger partial charge in [-0.15, -0.1) is 0 Å². The maximum Gasteiger partial charge on any atom is 0.293 e. The molecule has 1 saturated heterocycles. The molecule has 9 heteroatoms. The Labute approximate surface area is 193 Å². The van der Waals surface area contributed by atoms with Crippen LogP contribution in [0.15, 0.2) is 41.3 Å². The average Bonchev–Trinajstić information content (AvgIpc) is 3.47. The first-order valence-electron chi connectivity index (χ1n) is 10.4. The number of fused-ring (bicyclic) bond motifs is 2. The molecule has 3 heterocycles. The molecule has 2 aliphatic rings. The number of nitrogens with zero attached hydrogens (tertiary/aromatic N) is 1.